The highest BCUT2D eigenvalue weighted by Crippen LogP contribution is 2.29. The molecule has 4 rings (SSSR count). The quantitative estimate of drug-likeness (QED) is 0.664. The van der Waals surface area contributed by atoms with Crippen molar-refractivity contribution in [1.29, 1.82) is 0 Å². The standard InChI is InChI=1S/C23H27N3O/c1-16-10-11-19(21-15-26-12-6-7-17(2)23(26)25-21)14-20(16)24-22(27)13-18-8-4-3-5-9-18/h6-7,10-12,14-15,18H,3-5,8-9,13H2,1-2H3,(H,24,27). The molecule has 0 atom stereocenters. The van der Waals surface area contributed by atoms with Gasteiger partial charge in [-0.25, -0.2) is 4.98 Å². The van der Waals surface area contributed by atoms with E-state index < -0.39 is 0 Å². The van der Waals surface area contributed by atoms with Gasteiger partial charge in [0, 0.05) is 30.1 Å². The zero-order valence-electron chi connectivity index (χ0n) is 16.2. The summed E-state index contributed by atoms with van der Waals surface area (Å²) in [5.41, 5.74) is 6.04. The third kappa shape index (κ3) is 3.90. The second-order valence-corrected chi connectivity index (χ2v) is 7.83. The van der Waals surface area contributed by atoms with Gasteiger partial charge in [-0.1, -0.05) is 37.5 Å². The van der Waals surface area contributed by atoms with E-state index >= 15 is 0 Å². The van der Waals surface area contributed by atoms with Crippen LogP contribution in [0.15, 0.2) is 42.7 Å². The highest BCUT2D eigenvalue weighted by Gasteiger charge is 2.18. The number of amides is 1. The smallest absolute Gasteiger partial charge is 0.224 e. The summed E-state index contributed by atoms with van der Waals surface area (Å²) in [6.07, 6.45) is 10.9. The van der Waals surface area contributed by atoms with Crippen molar-refractivity contribution in [2.75, 3.05) is 5.32 Å². The highest BCUT2D eigenvalue weighted by atomic mass is 16.1. The van der Waals surface area contributed by atoms with Crippen LogP contribution in [0, 0.1) is 19.8 Å². The lowest BCUT2D eigenvalue weighted by Gasteiger charge is -2.21. The molecule has 1 aliphatic carbocycles. The molecule has 0 spiro atoms. The van der Waals surface area contributed by atoms with Crippen molar-refractivity contribution in [3.63, 3.8) is 0 Å². The summed E-state index contributed by atoms with van der Waals surface area (Å²) >= 11 is 0. The fourth-order valence-electron chi connectivity index (χ4n) is 4.06. The van der Waals surface area contributed by atoms with Crippen molar-refractivity contribution < 1.29 is 4.79 Å². The van der Waals surface area contributed by atoms with Crippen LogP contribution in [0.1, 0.15) is 49.7 Å². The van der Waals surface area contributed by atoms with Gasteiger partial charge in [0.05, 0.1) is 5.69 Å². The summed E-state index contributed by atoms with van der Waals surface area (Å²) in [6.45, 7) is 4.10. The molecule has 0 aliphatic heterocycles. The summed E-state index contributed by atoms with van der Waals surface area (Å²) in [5, 5.41) is 3.14. The zero-order chi connectivity index (χ0) is 18.8. The number of fused-ring (bicyclic) bond motifs is 1. The Morgan fingerprint density at radius 1 is 1.15 bits per heavy atom. The van der Waals surface area contributed by atoms with Crippen molar-refractivity contribution in [3.8, 4) is 11.3 Å². The van der Waals surface area contributed by atoms with Crippen molar-refractivity contribution in [3.05, 3.63) is 53.9 Å². The summed E-state index contributed by atoms with van der Waals surface area (Å²) < 4.78 is 2.05. The molecule has 0 bridgehead atoms. The molecule has 0 unspecified atom stereocenters. The van der Waals surface area contributed by atoms with Gasteiger partial charge in [0.15, 0.2) is 0 Å². The molecule has 0 saturated heterocycles. The Bertz CT molecular complexity index is 967. The molecule has 140 valence electrons. The van der Waals surface area contributed by atoms with E-state index in [0.717, 1.165) is 33.7 Å². The second-order valence-electron chi connectivity index (χ2n) is 7.83. The van der Waals surface area contributed by atoms with Gasteiger partial charge in [-0.15, -0.1) is 0 Å². The molecule has 0 radical (unpaired) electrons. The number of carbonyl (C=O) groups is 1. The maximum absolute atomic E-state index is 12.5. The van der Waals surface area contributed by atoms with Crippen molar-refractivity contribution in [1.82, 2.24) is 9.38 Å². The lowest BCUT2D eigenvalue weighted by molar-refractivity contribution is -0.117. The van der Waals surface area contributed by atoms with Crippen molar-refractivity contribution in [2.45, 2.75) is 52.4 Å². The first kappa shape index (κ1) is 17.8. The maximum Gasteiger partial charge on any atom is 0.224 e. The van der Waals surface area contributed by atoms with Crippen LogP contribution in [0.5, 0.6) is 0 Å². The van der Waals surface area contributed by atoms with Gasteiger partial charge >= 0.3 is 0 Å². The number of hydrogen-bond donors (Lipinski definition) is 1. The number of benzene rings is 1. The van der Waals surface area contributed by atoms with Crippen LogP contribution in [0.25, 0.3) is 16.9 Å². The van der Waals surface area contributed by atoms with Crippen LogP contribution in [0.4, 0.5) is 5.69 Å². The summed E-state index contributed by atoms with van der Waals surface area (Å²) in [4.78, 5) is 17.3. The van der Waals surface area contributed by atoms with Crippen LogP contribution in [0.3, 0.4) is 0 Å². The molecular weight excluding hydrogens is 334 g/mol. The third-order valence-electron chi connectivity index (χ3n) is 5.68. The second kappa shape index (κ2) is 7.55. The third-order valence-corrected chi connectivity index (χ3v) is 5.68. The van der Waals surface area contributed by atoms with Gasteiger partial charge in [0.1, 0.15) is 5.65 Å². The molecule has 1 saturated carbocycles. The predicted octanol–water partition coefficient (Wildman–Crippen LogP) is 5.53. The Labute approximate surface area is 160 Å². The SMILES string of the molecule is Cc1ccc(-c2cn3cccc(C)c3n2)cc1NC(=O)CC1CCCCC1. The monoisotopic (exact) mass is 361 g/mol. The normalized spacial score (nSPS) is 15.2. The highest BCUT2D eigenvalue weighted by molar-refractivity contribution is 5.92. The van der Waals surface area contributed by atoms with E-state index in [-0.39, 0.29) is 5.91 Å². The summed E-state index contributed by atoms with van der Waals surface area (Å²) in [6, 6.07) is 10.3. The number of aryl methyl sites for hydroxylation is 2. The number of pyridine rings is 1. The van der Waals surface area contributed by atoms with E-state index in [4.69, 9.17) is 4.98 Å². The number of hydrogen-bond acceptors (Lipinski definition) is 2. The largest absolute Gasteiger partial charge is 0.326 e. The van der Waals surface area contributed by atoms with Crippen LogP contribution < -0.4 is 5.32 Å². The first-order chi connectivity index (χ1) is 13.1. The van der Waals surface area contributed by atoms with Gasteiger partial charge in [0.25, 0.3) is 0 Å². The number of carbonyl (C=O) groups excluding carboxylic acids is 1. The predicted molar refractivity (Wildman–Crippen MR) is 110 cm³/mol. The molecule has 1 amide bonds. The van der Waals surface area contributed by atoms with E-state index in [1.807, 2.05) is 35.9 Å². The first-order valence-electron chi connectivity index (χ1n) is 9.95. The van der Waals surface area contributed by atoms with E-state index in [2.05, 4.69) is 30.4 Å². The topological polar surface area (TPSA) is 46.4 Å². The van der Waals surface area contributed by atoms with E-state index in [1.54, 1.807) is 0 Å². The molecule has 1 N–H and O–H groups in total. The summed E-state index contributed by atoms with van der Waals surface area (Å²) in [7, 11) is 0. The number of imidazole rings is 1. The first-order valence-corrected chi connectivity index (χ1v) is 9.95. The van der Waals surface area contributed by atoms with Crippen LogP contribution in [-0.2, 0) is 4.79 Å². The lowest BCUT2D eigenvalue weighted by Crippen LogP contribution is -2.18. The van der Waals surface area contributed by atoms with Gasteiger partial charge in [-0.2, -0.15) is 0 Å². The van der Waals surface area contributed by atoms with Gasteiger partial charge in [-0.05, 0) is 55.9 Å². The summed E-state index contributed by atoms with van der Waals surface area (Å²) in [5.74, 6) is 0.677. The van der Waals surface area contributed by atoms with E-state index in [0.29, 0.717) is 12.3 Å². The average molecular weight is 361 g/mol. The minimum atomic E-state index is 0.132. The Morgan fingerprint density at radius 2 is 1.96 bits per heavy atom. The van der Waals surface area contributed by atoms with E-state index in [1.165, 1.54) is 32.1 Å². The number of nitrogens with zero attached hydrogens (tertiary/aromatic N) is 2. The maximum atomic E-state index is 12.5. The van der Waals surface area contributed by atoms with Crippen LogP contribution in [-0.4, -0.2) is 15.3 Å². The van der Waals surface area contributed by atoms with Gasteiger partial charge in [0.2, 0.25) is 5.91 Å². The molecular formula is C23H27N3O. The number of aromatic nitrogens is 2. The fourth-order valence-corrected chi connectivity index (χ4v) is 4.06. The van der Waals surface area contributed by atoms with E-state index in [9.17, 15) is 4.79 Å². The molecule has 3 aromatic rings. The Hall–Kier alpha value is -2.62. The average Bonchev–Trinajstić information content (AvgIpc) is 3.10. The molecule has 1 aromatic carbocycles. The van der Waals surface area contributed by atoms with Crippen LogP contribution >= 0.6 is 0 Å². The molecule has 2 aromatic heterocycles. The minimum absolute atomic E-state index is 0.132. The van der Waals surface area contributed by atoms with Crippen LogP contribution in [0.2, 0.25) is 0 Å². The number of nitrogens with one attached hydrogen (secondary N) is 1. The fraction of sp³-hybridized carbons (Fsp3) is 0.391. The number of anilines is 1. The molecule has 4 heteroatoms. The number of rotatable bonds is 4. The Balaban J connectivity index is 1.55. The molecule has 4 nitrogen and oxygen atoms in total. The van der Waals surface area contributed by atoms with Crippen molar-refractivity contribution in [2.24, 2.45) is 5.92 Å². The molecule has 27 heavy (non-hydrogen) atoms. The van der Waals surface area contributed by atoms with Crippen molar-refractivity contribution >= 4 is 17.2 Å². The minimum Gasteiger partial charge on any atom is -0.326 e. The van der Waals surface area contributed by atoms with Gasteiger partial charge in [-0.3, -0.25) is 4.79 Å². The molecule has 2 heterocycles. The molecule has 1 aliphatic rings. The Morgan fingerprint density at radius 3 is 2.74 bits per heavy atom. The zero-order valence-corrected chi connectivity index (χ0v) is 16.2. The van der Waals surface area contributed by atoms with Gasteiger partial charge < -0.3 is 9.72 Å². The lowest BCUT2D eigenvalue weighted by atomic mass is 9.87. The molecule has 1 fully saturated rings. The Kier molecular flexibility index (Phi) is 4.97.